The minimum atomic E-state index is -0.143. The predicted octanol–water partition coefficient (Wildman–Crippen LogP) is 1.48. The monoisotopic (exact) mass is 280 g/mol. The normalized spacial score (nSPS) is 27.6. The van der Waals surface area contributed by atoms with E-state index in [4.69, 9.17) is 0 Å². The number of hydrogen-bond donors (Lipinski definition) is 1. The summed E-state index contributed by atoms with van der Waals surface area (Å²) < 4.78 is 0. The van der Waals surface area contributed by atoms with Gasteiger partial charge in [-0.3, -0.25) is 9.69 Å². The summed E-state index contributed by atoms with van der Waals surface area (Å²) in [6, 6.07) is 0. The minimum Gasteiger partial charge on any atom is -0.392 e. The van der Waals surface area contributed by atoms with E-state index in [1.807, 2.05) is 0 Å². The number of carbonyl (C=O) groups is 1. The van der Waals surface area contributed by atoms with Gasteiger partial charge in [0.25, 0.3) is 0 Å². The Labute approximate surface area is 122 Å². The van der Waals surface area contributed by atoms with Gasteiger partial charge in [0.15, 0.2) is 0 Å². The van der Waals surface area contributed by atoms with Crippen molar-refractivity contribution in [3.05, 3.63) is 0 Å². The molecule has 1 heterocycles. The standard InChI is InChI=1S/C16H28N2O2/c19-15(13-6-7-13)12-17-8-10-18(11-9-17)16(20)14-4-2-1-3-5-14/h13-15,19H,1-12H2. The van der Waals surface area contributed by atoms with Gasteiger partial charge < -0.3 is 10.0 Å². The number of hydrogen-bond acceptors (Lipinski definition) is 3. The summed E-state index contributed by atoms with van der Waals surface area (Å²) in [4.78, 5) is 16.9. The van der Waals surface area contributed by atoms with E-state index in [1.165, 1.54) is 32.1 Å². The van der Waals surface area contributed by atoms with Gasteiger partial charge in [-0.05, 0) is 31.6 Å². The number of β-amino-alcohol motifs (C(OH)–C–C–N with tert-alkyl or cyclic N) is 1. The second-order valence-corrected chi connectivity index (χ2v) is 6.87. The van der Waals surface area contributed by atoms with Crippen LogP contribution < -0.4 is 0 Å². The second kappa shape index (κ2) is 6.44. The van der Waals surface area contributed by atoms with E-state index in [0.717, 1.165) is 45.6 Å². The molecular formula is C16H28N2O2. The highest BCUT2D eigenvalue weighted by Gasteiger charge is 2.33. The Morgan fingerprint density at radius 3 is 2.25 bits per heavy atom. The summed E-state index contributed by atoms with van der Waals surface area (Å²) in [5, 5.41) is 10.00. The largest absolute Gasteiger partial charge is 0.392 e. The fourth-order valence-electron chi connectivity index (χ4n) is 3.65. The molecule has 3 aliphatic rings. The molecule has 0 aromatic heterocycles. The number of nitrogens with zero attached hydrogens (tertiary/aromatic N) is 2. The van der Waals surface area contributed by atoms with Gasteiger partial charge in [-0.25, -0.2) is 0 Å². The molecule has 4 heteroatoms. The fourth-order valence-corrected chi connectivity index (χ4v) is 3.65. The second-order valence-electron chi connectivity index (χ2n) is 6.87. The molecule has 3 fully saturated rings. The first kappa shape index (κ1) is 14.3. The minimum absolute atomic E-state index is 0.143. The summed E-state index contributed by atoms with van der Waals surface area (Å²) in [5.41, 5.74) is 0. The van der Waals surface area contributed by atoms with Gasteiger partial charge in [-0.2, -0.15) is 0 Å². The molecule has 1 amide bonds. The van der Waals surface area contributed by atoms with Crippen molar-refractivity contribution in [2.45, 2.75) is 51.0 Å². The van der Waals surface area contributed by atoms with E-state index < -0.39 is 0 Å². The Balaban J connectivity index is 1.41. The number of aliphatic hydroxyl groups excluding tert-OH is 1. The topological polar surface area (TPSA) is 43.8 Å². The third-order valence-corrected chi connectivity index (χ3v) is 5.25. The molecule has 1 atom stereocenters. The third kappa shape index (κ3) is 3.53. The van der Waals surface area contributed by atoms with Crippen LogP contribution in [0.4, 0.5) is 0 Å². The van der Waals surface area contributed by atoms with Crippen molar-refractivity contribution in [3.63, 3.8) is 0 Å². The zero-order valence-electron chi connectivity index (χ0n) is 12.5. The maximum Gasteiger partial charge on any atom is 0.225 e. The van der Waals surface area contributed by atoms with Crippen LogP contribution in [0.15, 0.2) is 0 Å². The Hall–Kier alpha value is -0.610. The molecule has 1 unspecified atom stereocenters. The van der Waals surface area contributed by atoms with Gasteiger partial charge in [0.05, 0.1) is 6.10 Å². The molecule has 114 valence electrons. The van der Waals surface area contributed by atoms with Gasteiger partial charge >= 0.3 is 0 Å². The molecule has 0 radical (unpaired) electrons. The van der Waals surface area contributed by atoms with Crippen molar-refractivity contribution in [2.75, 3.05) is 32.7 Å². The van der Waals surface area contributed by atoms with Crippen LogP contribution in [-0.4, -0.2) is 59.6 Å². The van der Waals surface area contributed by atoms with Gasteiger partial charge in [-0.1, -0.05) is 19.3 Å². The van der Waals surface area contributed by atoms with E-state index in [2.05, 4.69) is 9.80 Å². The van der Waals surface area contributed by atoms with Gasteiger partial charge in [-0.15, -0.1) is 0 Å². The predicted molar refractivity (Wildman–Crippen MR) is 78.3 cm³/mol. The third-order valence-electron chi connectivity index (χ3n) is 5.25. The van der Waals surface area contributed by atoms with Crippen LogP contribution in [0.25, 0.3) is 0 Å². The highest BCUT2D eigenvalue weighted by Crippen LogP contribution is 2.33. The number of aliphatic hydroxyl groups is 1. The lowest BCUT2D eigenvalue weighted by Crippen LogP contribution is -2.52. The molecule has 1 saturated heterocycles. The van der Waals surface area contributed by atoms with Crippen LogP contribution in [0.2, 0.25) is 0 Å². The van der Waals surface area contributed by atoms with Crippen LogP contribution in [-0.2, 0) is 4.79 Å². The first-order chi connectivity index (χ1) is 9.74. The van der Waals surface area contributed by atoms with Crippen LogP contribution in [0.5, 0.6) is 0 Å². The zero-order valence-corrected chi connectivity index (χ0v) is 12.5. The lowest BCUT2D eigenvalue weighted by Gasteiger charge is -2.37. The molecule has 4 nitrogen and oxygen atoms in total. The number of amides is 1. The molecule has 20 heavy (non-hydrogen) atoms. The first-order valence-corrected chi connectivity index (χ1v) is 8.43. The van der Waals surface area contributed by atoms with Crippen LogP contribution >= 0.6 is 0 Å². The lowest BCUT2D eigenvalue weighted by molar-refractivity contribution is -0.138. The molecular weight excluding hydrogens is 252 g/mol. The van der Waals surface area contributed by atoms with E-state index in [-0.39, 0.29) is 6.10 Å². The SMILES string of the molecule is O=C(C1CCCCC1)N1CCN(CC(O)C2CC2)CC1. The van der Waals surface area contributed by atoms with Gasteiger partial charge in [0.2, 0.25) is 5.91 Å². The van der Waals surface area contributed by atoms with Crippen LogP contribution in [0.3, 0.4) is 0 Å². The van der Waals surface area contributed by atoms with Crippen LogP contribution in [0, 0.1) is 11.8 Å². The molecule has 0 spiro atoms. The van der Waals surface area contributed by atoms with Crippen LogP contribution in [0.1, 0.15) is 44.9 Å². The number of carbonyl (C=O) groups excluding carboxylic acids is 1. The molecule has 3 rings (SSSR count). The molecule has 2 saturated carbocycles. The van der Waals surface area contributed by atoms with Crippen molar-refractivity contribution < 1.29 is 9.90 Å². The molecule has 0 bridgehead atoms. The Bertz CT molecular complexity index is 329. The molecule has 0 aromatic carbocycles. The summed E-state index contributed by atoms with van der Waals surface area (Å²) >= 11 is 0. The van der Waals surface area contributed by atoms with Crippen molar-refractivity contribution >= 4 is 5.91 Å². The maximum atomic E-state index is 12.5. The van der Waals surface area contributed by atoms with Crippen molar-refractivity contribution in [2.24, 2.45) is 11.8 Å². The average molecular weight is 280 g/mol. The lowest BCUT2D eigenvalue weighted by atomic mass is 9.88. The quantitative estimate of drug-likeness (QED) is 0.848. The van der Waals surface area contributed by atoms with E-state index in [9.17, 15) is 9.90 Å². The summed E-state index contributed by atoms with van der Waals surface area (Å²) in [6.07, 6.45) is 8.20. The van der Waals surface area contributed by atoms with Gasteiger partial charge in [0, 0.05) is 38.6 Å². The van der Waals surface area contributed by atoms with Crippen molar-refractivity contribution in [1.29, 1.82) is 0 Å². The van der Waals surface area contributed by atoms with Crippen molar-refractivity contribution in [3.8, 4) is 0 Å². The summed E-state index contributed by atoms with van der Waals surface area (Å²) in [5.74, 6) is 1.25. The van der Waals surface area contributed by atoms with Crippen molar-refractivity contribution in [1.82, 2.24) is 9.80 Å². The fraction of sp³-hybridized carbons (Fsp3) is 0.938. The Morgan fingerprint density at radius 1 is 1.00 bits per heavy atom. The average Bonchev–Trinajstić information content (AvgIpc) is 3.33. The number of piperazine rings is 1. The molecule has 1 N–H and O–H groups in total. The molecule has 2 aliphatic carbocycles. The Kier molecular flexibility index (Phi) is 4.61. The summed E-state index contributed by atoms with van der Waals surface area (Å²) in [6.45, 7) is 4.38. The van der Waals surface area contributed by atoms with E-state index >= 15 is 0 Å². The van der Waals surface area contributed by atoms with E-state index in [0.29, 0.717) is 17.7 Å². The van der Waals surface area contributed by atoms with Gasteiger partial charge in [0.1, 0.15) is 0 Å². The molecule has 0 aromatic rings. The van der Waals surface area contributed by atoms with E-state index in [1.54, 1.807) is 0 Å². The number of rotatable bonds is 4. The zero-order chi connectivity index (χ0) is 13.9. The highest BCUT2D eigenvalue weighted by molar-refractivity contribution is 5.79. The Morgan fingerprint density at radius 2 is 1.65 bits per heavy atom. The smallest absolute Gasteiger partial charge is 0.225 e. The summed E-state index contributed by atoms with van der Waals surface area (Å²) in [7, 11) is 0. The first-order valence-electron chi connectivity index (χ1n) is 8.43. The highest BCUT2D eigenvalue weighted by atomic mass is 16.3. The molecule has 1 aliphatic heterocycles. The maximum absolute atomic E-state index is 12.5.